The summed E-state index contributed by atoms with van der Waals surface area (Å²) in [6.45, 7) is 8.78. The molecular formula is C22H27FN4O4. The summed E-state index contributed by atoms with van der Waals surface area (Å²) in [5, 5.41) is 10.4. The minimum Gasteiger partial charge on any atom is -0.444 e. The number of carbonyl (C=O) groups excluding carboxylic acids is 3. The first kappa shape index (κ1) is 23.7. The van der Waals surface area contributed by atoms with Crippen LogP contribution < -0.4 is 21.3 Å². The van der Waals surface area contributed by atoms with Crippen LogP contribution in [0.3, 0.4) is 0 Å². The fraction of sp³-hybridized carbons (Fsp3) is 0.318. The number of halogens is 1. The second-order valence-electron chi connectivity index (χ2n) is 8.10. The zero-order valence-corrected chi connectivity index (χ0v) is 18.1. The van der Waals surface area contributed by atoms with Gasteiger partial charge in [-0.3, -0.25) is 10.1 Å². The lowest BCUT2D eigenvalue weighted by atomic mass is 10.1. The third kappa shape index (κ3) is 7.96. The predicted octanol–water partition coefficient (Wildman–Crippen LogP) is 4.95. The van der Waals surface area contributed by atoms with Gasteiger partial charge in [0.05, 0.1) is 11.4 Å². The van der Waals surface area contributed by atoms with Crippen LogP contribution in [-0.2, 0) is 4.74 Å². The summed E-state index contributed by atoms with van der Waals surface area (Å²) in [5.74, 6) is -1.14. The van der Waals surface area contributed by atoms with Crippen LogP contribution in [0.2, 0.25) is 0 Å². The highest BCUT2D eigenvalue weighted by Gasteiger charge is 2.18. The number of nitrogens with one attached hydrogen (secondary N) is 4. The lowest BCUT2D eigenvalue weighted by molar-refractivity contribution is 0.0635. The van der Waals surface area contributed by atoms with Crippen molar-refractivity contribution in [2.45, 2.75) is 46.3 Å². The summed E-state index contributed by atoms with van der Waals surface area (Å²) < 4.78 is 19.0. The van der Waals surface area contributed by atoms with Crippen LogP contribution in [0.4, 0.5) is 31.0 Å². The normalized spacial score (nSPS) is 10.9. The van der Waals surface area contributed by atoms with Crippen molar-refractivity contribution in [3.05, 3.63) is 53.8 Å². The minimum absolute atomic E-state index is 0.0460. The van der Waals surface area contributed by atoms with Crippen LogP contribution >= 0.6 is 0 Å². The molecule has 0 aliphatic heterocycles. The monoisotopic (exact) mass is 430 g/mol. The fourth-order valence-electron chi connectivity index (χ4n) is 2.50. The summed E-state index contributed by atoms with van der Waals surface area (Å²) >= 11 is 0. The number of hydrogen-bond donors (Lipinski definition) is 4. The van der Waals surface area contributed by atoms with Gasteiger partial charge in [0, 0.05) is 17.3 Å². The molecule has 0 saturated heterocycles. The van der Waals surface area contributed by atoms with Gasteiger partial charge in [-0.15, -0.1) is 0 Å². The Morgan fingerprint density at radius 3 is 2.29 bits per heavy atom. The molecule has 0 spiro atoms. The van der Waals surface area contributed by atoms with Gasteiger partial charge in [0.1, 0.15) is 11.4 Å². The molecule has 0 saturated carbocycles. The van der Waals surface area contributed by atoms with E-state index in [9.17, 15) is 18.8 Å². The Balaban J connectivity index is 2.16. The van der Waals surface area contributed by atoms with Gasteiger partial charge in [-0.25, -0.2) is 14.0 Å². The molecule has 2 aromatic carbocycles. The predicted molar refractivity (Wildman–Crippen MR) is 118 cm³/mol. The maximum atomic E-state index is 13.8. The lowest BCUT2D eigenvalue weighted by Gasteiger charge is -2.20. The summed E-state index contributed by atoms with van der Waals surface area (Å²) in [6.07, 6.45) is -0.739. The second kappa shape index (κ2) is 9.92. The van der Waals surface area contributed by atoms with Crippen LogP contribution in [0.25, 0.3) is 0 Å². The molecule has 0 unspecified atom stereocenters. The number of rotatable bonds is 5. The first-order chi connectivity index (χ1) is 14.4. The number of amides is 4. The Kier molecular flexibility index (Phi) is 7.57. The molecule has 0 atom stereocenters. The Labute approximate surface area is 180 Å². The van der Waals surface area contributed by atoms with Crippen molar-refractivity contribution in [1.82, 2.24) is 5.32 Å². The van der Waals surface area contributed by atoms with Crippen LogP contribution in [0.5, 0.6) is 0 Å². The molecule has 2 aromatic rings. The maximum absolute atomic E-state index is 13.8. The van der Waals surface area contributed by atoms with Crippen molar-refractivity contribution in [2.24, 2.45) is 0 Å². The molecule has 31 heavy (non-hydrogen) atoms. The third-order valence-corrected chi connectivity index (χ3v) is 3.67. The summed E-state index contributed by atoms with van der Waals surface area (Å²) in [5.41, 5.74) is 0.163. The number of benzene rings is 2. The molecule has 9 heteroatoms. The lowest BCUT2D eigenvalue weighted by Crippen LogP contribution is -2.34. The van der Waals surface area contributed by atoms with Gasteiger partial charge in [-0.1, -0.05) is 6.07 Å². The van der Waals surface area contributed by atoms with Crippen molar-refractivity contribution < 1.29 is 23.5 Å². The molecule has 0 bridgehead atoms. The molecule has 8 nitrogen and oxygen atoms in total. The van der Waals surface area contributed by atoms with E-state index in [0.29, 0.717) is 5.69 Å². The van der Waals surface area contributed by atoms with E-state index in [1.807, 2.05) is 13.8 Å². The van der Waals surface area contributed by atoms with Crippen molar-refractivity contribution >= 4 is 35.1 Å². The molecule has 166 valence electrons. The summed E-state index contributed by atoms with van der Waals surface area (Å²) in [4.78, 5) is 36.6. The van der Waals surface area contributed by atoms with E-state index >= 15 is 0 Å². The third-order valence-electron chi connectivity index (χ3n) is 3.67. The molecule has 0 aromatic heterocycles. The zero-order chi connectivity index (χ0) is 23.2. The van der Waals surface area contributed by atoms with E-state index in [1.165, 1.54) is 12.1 Å². The average molecular weight is 430 g/mol. The quantitative estimate of drug-likeness (QED) is 0.538. The van der Waals surface area contributed by atoms with Crippen molar-refractivity contribution in [2.75, 3.05) is 16.0 Å². The topological polar surface area (TPSA) is 109 Å². The minimum atomic E-state index is -0.739. The van der Waals surface area contributed by atoms with E-state index in [2.05, 4.69) is 21.3 Å². The fourth-order valence-corrected chi connectivity index (χ4v) is 2.50. The van der Waals surface area contributed by atoms with Crippen LogP contribution in [-0.4, -0.2) is 29.7 Å². The van der Waals surface area contributed by atoms with Gasteiger partial charge in [0.2, 0.25) is 0 Å². The maximum Gasteiger partial charge on any atom is 0.412 e. The number of anilines is 3. The van der Waals surface area contributed by atoms with E-state index in [-0.39, 0.29) is 23.0 Å². The smallest absolute Gasteiger partial charge is 0.412 e. The molecule has 2 rings (SSSR count). The largest absolute Gasteiger partial charge is 0.444 e. The highest BCUT2D eigenvalue weighted by atomic mass is 19.1. The van der Waals surface area contributed by atoms with Crippen molar-refractivity contribution in [1.29, 1.82) is 0 Å². The molecule has 0 heterocycles. The first-order valence-electron chi connectivity index (χ1n) is 9.71. The van der Waals surface area contributed by atoms with Gasteiger partial charge in [-0.2, -0.15) is 0 Å². The Morgan fingerprint density at radius 1 is 0.935 bits per heavy atom. The molecule has 0 fully saturated rings. The highest BCUT2D eigenvalue weighted by molar-refractivity contribution is 6.07. The van der Waals surface area contributed by atoms with E-state index in [4.69, 9.17) is 4.74 Å². The first-order valence-corrected chi connectivity index (χ1v) is 9.71. The van der Waals surface area contributed by atoms with Gasteiger partial charge in [0.25, 0.3) is 5.91 Å². The van der Waals surface area contributed by atoms with Gasteiger partial charge in [-0.05, 0) is 71.0 Å². The van der Waals surface area contributed by atoms with Gasteiger partial charge >= 0.3 is 12.1 Å². The zero-order valence-electron chi connectivity index (χ0n) is 18.1. The van der Waals surface area contributed by atoms with Crippen LogP contribution in [0.1, 0.15) is 45.0 Å². The van der Waals surface area contributed by atoms with Crippen LogP contribution in [0.15, 0.2) is 42.5 Å². The average Bonchev–Trinajstić information content (AvgIpc) is 2.62. The molecule has 4 N–H and O–H groups in total. The molecule has 0 aliphatic carbocycles. The van der Waals surface area contributed by atoms with E-state index < -0.39 is 29.4 Å². The second-order valence-corrected chi connectivity index (χ2v) is 8.10. The Bertz CT molecular complexity index is 970. The standard InChI is InChI=1S/C22H27FN4O4/c1-13(2)24-20(29)25-16-8-6-7-14(11-16)19(28)26-18-12-15(23)9-10-17(18)27-21(30)31-22(3,4)5/h6-13H,1-5H3,(H,26,28)(H,27,30)(H2,24,25,29). The number of carbonyl (C=O) groups is 3. The Hall–Kier alpha value is -3.62. The van der Waals surface area contributed by atoms with Crippen LogP contribution in [0, 0.1) is 5.82 Å². The summed E-state index contributed by atoms with van der Waals surface area (Å²) in [6, 6.07) is 9.37. The highest BCUT2D eigenvalue weighted by Crippen LogP contribution is 2.25. The van der Waals surface area contributed by atoms with E-state index in [0.717, 1.165) is 12.1 Å². The summed E-state index contributed by atoms with van der Waals surface area (Å²) in [7, 11) is 0. The van der Waals surface area contributed by atoms with Crippen molar-refractivity contribution in [3.8, 4) is 0 Å². The SMILES string of the molecule is CC(C)NC(=O)Nc1cccc(C(=O)Nc2cc(F)ccc2NC(=O)OC(C)(C)C)c1. The number of ether oxygens (including phenoxy) is 1. The Morgan fingerprint density at radius 2 is 1.65 bits per heavy atom. The number of urea groups is 1. The molecule has 0 radical (unpaired) electrons. The van der Waals surface area contributed by atoms with Gasteiger partial charge in [0.15, 0.2) is 0 Å². The number of hydrogen-bond acceptors (Lipinski definition) is 4. The molecule has 4 amide bonds. The molecular weight excluding hydrogens is 403 g/mol. The van der Waals surface area contributed by atoms with Gasteiger partial charge < -0.3 is 20.7 Å². The van der Waals surface area contributed by atoms with E-state index in [1.54, 1.807) is 39.0 Å². The van der Waals surface area contributed by atoms with Crippen molar-refractivity contribution in [3.63, 3.8) is 0 Å². The molecule has 0 aliphatic rings.